The Morgan fingerprint density at radius 3 is 1.89 bits per heavy atom. The number of likely N-dealkylation sites (tertiary alicyclic amines) is 1. The molecule has 4 heteroatoms. The predicted molar refractivity (Wildman–Crippen MR) is 79.3 cm³/mol. The third-order valence-corrected chi connectivity index (χ3v) is 5.35. The standard InChI is InChI=1S/C14H15NOS2/c1-15-8-10(12-4-2-6-17-12)14(16)11(9-15)13-5-3-7-18-13/h2-3,6-7H,4-5,8-9H2,1H3. The fourth-order valence-corrected chi connectivity index (χ4v) is 4.10. The van der Waals surface area contributed by atoms with Crippen LogP contribution in [0.1, 0.15) is 12.8 Å². The van der Waals surface area contributed by atoms with Crippen LogP contribution in [0.15, 0.2) is 43.9 Å². The van der Waals surface area contributed by atoms with Gasteiger partial charge in [0.2, 0.25) is 0 Å². The van der Waals surface area contributed by atoms with Crippen LogP contribution in [0.2, 0.25) is 0 Å². The summed E-state index contributed by atoms with van der Waals surface area (Å²) < 4.78 is 0. The number of nitrogens with zero attached hydrogens (tertiary/aromatic N) is 1. The lowest BCUT2D eigenvalue weighted by Crippen LogP contribution is -2.36. The minimum absolute atomic E-state index is 0.283. The molecule has 0 N–H and O–H groups in total. The van der Waals surface area contributed by atoms with Gasteiger partial charge in [0.15, 0.2) is 5.78 Å². The molecule has 0 spiro atoms. The van der Waals surface area contributed by atoms with Crippen molar-refractivity contribution in [2.24, 2.45) is 0 Å². The number of allylic oxidation sites excluding steroid dienone is 4. The van der Waals surface area contributed by atoms with Crippen LogP contribution in [0.25, 0.3) is 0 Å². The number of likely N-dealkylation sites (N-methyl/N-ethyl adjacent to an activating group) is 1. The second-order valence-electron chi connectivity index (χ2n) is 4.69. The van der Waals surface area contributed by atoms with Gasteiger partial charge in [0.25, 0.3) is 0 Å². The van der Waals surface area contributed by atoms with Crippen molar-refractivity contribution in [3.05, 3.63) is 43.9 Å². The van der Waals surface area contributed by atoms with Gasteiger partial charge in [0.05, 0.1) is 0 Å². The summed E-state index contributed by atoms with van der Waals surface area (Å²) in [5.41, 5.74) is 2.02. The van der Waals surface area contributed by atoms with Gasteiger partial charge in [-0.25, -0.2) is 0 Å². The third kappa shape index (κ3) is 2.25. The normalized spacial score (nSPS) is 32.8. The Balaban J connectivity index is 1.96. The number of Topliss-reactive ketones (excluding diaryl/α,β-unsaturated/α-hetero) is 1. The van der Waals surface area contributed by atoms with Crippen molar-refractivity contribution >= 4 is 29.3 Å². The van der Waals surface area contributed by atoms with E-state index in [1.807, 2.05) is 0 Å². The summed E-state index contributed by atoms with van der Waals surface area (Å²) in [5, 5.41) is 4.17. The fraction of sp³-hybridized carbons (Fsp3) is 0.357. The third-order valence-electron chi connectivity index (χ3n) is 3.30. The minimum Gasteiger partial charge on any atom is -0.298 e. The molecule has 0 aromatic carbocycles. The predicted octanol–water partition coefficient (Wildman–Crippen LogP) is 3.31. The summed E-state index contributed by atoms with van der Waals surface area (Å²) in [4.78, 5) is 17.3. The molecule has 0 bridgehead atoms. The van der Waals surface area contributed by atoms with E-state index in [1.165, 1.54) is 9.81 Å². The molecule has 18 heavy (non-hydrogen) atoms. The highest BCUT2D eigenvalue weighted by molar-refractivity contribution is 8.06. The number of piperidine rings is 1. The Hall–Kier alpha value is -0.710. The largest absolute Gasteiger partial charge is 0.298 e. The fourth-order valence-electron chi connectivity index (χ4n) is 2.41. The quantitative estimate of drug-likeness (QED) is 0.633. The SMILES string of the molecule is CN1CC(=C2CC=CS2)C(=O)C(=C2CC=CS2)C1. The van der Waals surface area contributed by atoms with Crippen molar-refractivity contribution in [3.8, 4) is 0 Å². The molecule has 3 rings (SSSR count). The highest BCUT2D eigenvalue weighted by atomic mass is 32.2. The monoisotopic (exact) mass is 277 g/mol. The van der Waals surface area contributed by atoms with Crippen molar-refractivity contribution in [3.63, 3.8) is 0 Å². The van der Waals surface area contributed by atoms with E-state index >= 15 is 0 Å². The molecule has 0 aromatic rings. The average Bonchev–Trinajstić information content (AvgIpc) is 3.02. The van der Waals surface area contributed by atoms with Crippen molar-refractivity contribution in [2.45, 2.75) is 12.8 Å². The maximum Gasteiger partial charge on any atom is 0.189 e. The maximum atomic E-state index is 12.6. The molecule has 94 valence electrons. The summed E-state index contributed by atoms with van der Waals surface area (Å²) in [6, 6.07) is 0. The van der Waals surface area contributed by atoms with Crippen LogP contribution >= 0.6 is 23.5 Å². The molecule has 0 atom stereocenters. The van der Waals surface area contributed by atoms with Gasteiger partial charge < -0.3 is 0 Å². The number of hydrogen-bond donors (Lipinski definition) is 0. The van der Waals surface area contributed by atoms with Gasteiger partial charge in [-0.2, -0.15) is 0 Å². The summed E-state index contributed by atoms with van der Waals surface area (Å²) >= 11 is 3.41. The van der Waals surface area contributed by atoms with Gasteiger partial charge in [-0.3, -0.25) is 9.69 Å². The van der Waals surface area contributed by atoms with E-state index in [0.29, 0.717) is 0 Å². The summed E-state index contributed by atoms with van der Waals surface area (Å²) in [6.07, 6.45) is 6.11. The summed E-state index contributed by atoms with van der Waals surface area (Å²) in [6.45, 7) is 1.58. The molecule has 1 saturated heterocycles. The zero-order valence-corrected chi connectivity index (χ0v) is 11.9. The molecule has 0 aliphatic carbocycles. The van der Waals surface area contributed by atoms with Crippen LogP contribution < -0.4 is 0 Å². The maximum absolute atomic E-state index is 12.6. The van der Waals surface area contributed by atoms with E-state index in [4.69, 9.17) is 0 Å². The minimum atomic E-state index is 0.283. The molecule has 0 unspecified atom stereocenters. The number of ketones is 1. The van der Waals surface area contributed by atoms with E-state index in [1.54, 1.807) is 23.5 Å². The van der Waals surface area contributed by atoms with Crippen molar-refractivity contribution in [2.75, 3.05) is 20.1 Å². The molecular weight excluding hydrogens is 262 g/mol. The van der Waals surface area contributed by atoms with Crippen LogP contribution in [0.4, 0.5) is 0 Å². The first-order valence-electron chi connectivity index (χ1n) is 6.06. The van der Waals surface area contributed by atoms with Crippen LogP contribution in [0.3, 0.4) is 0 Å². The lowest BCUT2D eigenvalue weighted by molar-refractivity contribution is -0.113. The first-order valence-corrected chi connectivity index (χ1v) is 7.82. The Morgan fingerprint density at radius 2 is 1.50 bits per heavy atom. The van der Waals surface area contributed by atoms with Gasteiger partial charge >= 0.3 is 0 Å². The highest BCUT2D eigenvalue weighted by Gasteiger charge is 2.29. The van der Waals surface area contributed by atoms with Crippen LogP contribution in [-0.4, -0.2) is 30.8 Å². The lowest BCUT2D eigenvalue weighted by Gasteiger charge is -2.28. The van der Waals surface area contributed by atoms with Gasteiger partial charge in [0, 0.05) is 34.0 Å². The van der Waals surface area contributed by atoms with Gasteiger partial charge in [-0.1, -0.05) is 12.2 Å². The van der Waals surface area contributed by atoms with E-state index < -0.39 is 0 Å². The van der Waals surface area contributed by atoms with Crippen LogP contribution in [0.5, 0.6) is 0 Å². The zero-order chi connectivity index (χ0) is 12.5. The van der Waals surface area contributed by atoms with E-state index in [2.05, 4.69) is 34.9 Å². The number of thioether (sulfide) groups is 2. The van der Waals surface area contributed by atoms with E-state index in [0.717, 1.165) is 37.1 Å². The topological polar surface area (TPSA) is 20.3 Å². The Bertz CT molecular complexity index is 450. The average molecular weight is 277 g/mol. The first kappa shape index (κ1) is 12.3. The smallest absolute Gasteiger partial charge is 0.189 e. The molecule has 3 aliphatic rings. The van der Waals surface area contributed by atoms with Gasteiger partial charge in [-0.15, -0.1) is 23.5 Å². The van der Waals surface area contributed by atoms with E-state index in [-0.39, 0.29) is 5.78 Å². The molecule has 0 radical (unpaired) electrons. The van der Waals surface area contributed by atoms with Crippen LogP contribution in [-0.2, 0) is 4.79 Å². The van der Waals surface area contributed by atoms with Crippen molar-refractivity contribution in [1.29, 1.82) is 0 Å². The molecule has 2 nitrogen and oxygen atoms in total. The first-order chi connectivity index (χ1) is 8.75. The Morgan fingerprint density at radius 1 is 1.00 bits per heavy atom. The number of carbonyl (C=O) groups is 1. The van der Waals surface area contributed by atoms with Gasteiger partial charge in [0.1, 0.15) is 0 Å². The Kier molecular flexibility index (Phi) is 3.50. The highest BCUT2D eigenvalue weighted by Crippen LogP contribution is 2.38. The number of hydrogen-bond acceptors (Lipinski definition) is 4. The summed E-state index contributed by atoms with van der Waals surface area (Å²) in [7, 11) is 2.09. The lowest BCUT2D eigenvalue weighted by atomic mass is 9.96. The molecule has 0 saturated carbocycles. The van der Waals surface area contributed by atoms with Crippen LogP contribution in [0, 0.1) is 0 Å². The molecule has 3 aliphatic heterocycles. The molecule has 0 aromatic heterocycles. The molecule has 1 fully saturated rings. The zero-order valence-electron chi connectivity index (χ0n) is 10.3. The second kappa shape index (κ2) is 5.11. The number of carbonyl (C=O) groups excluding carboxylic acids is 1. The summed E-state index contributed by atoms with van der Waals surface area (Å²) in [5.74, 6) is 0.283. The van der Waals surface area contributed by atoms with Gasteiger partial charge in [-0.05, 0) is 30.7 Å². The van der Waals surface area contributed by atoms with E-state index in [9.17, 15) is 4.79 Å². The Labute approximate surface area is 116 Å². The second-order valence-corrected chi connectivity index (χ2v) is 6.69. The molecule has 3 heterocycles. The number of rotatable bonds is 0. The molecular formula is C14H15NOS2. The van der Waals surface area contributed by atoms with Crippen molar-refractivity contribution in [1.82, 2.24) is 4.90 Å². The van der Waals surface area contributed by atoms with Crippen molar-refractivity contribution < 1.29 is 4.79 Å². The molecule has 0 amide bonds.